The molecule has 0 unspecified atom stereocenters. The molecule has 0 spiro atoms. The number of H-pyrrole nitrogens is 1. The molecular formula is C29H33N3O4. The van der Waals surface area contributed by atoms with Gasteiger partial charge in [-0.15, -0.1) is 0 Å². The van der Waals surface area contributed by atoms with E-state index in [0.29, 0.717) is 36.3 Å². The van der Waals surface area contributed by atoms with Crippen molar-refractivity contribution in [2.75, 3.05) is 25.9 Å². The summed E-state index contributed by atoms with van der Waals surface area (Å²) in [5.74, 6) is 0.710. The van der Waals surface area contributed by atoms with Gasteiger partial charge in [-0.05, 0) is 62.6 Å². The Hall–Kier alpha value is -3.74. The molecule has 0 saturated heterocycles. The molecule has 2 aliphatic rings. The van der Waals surface area contributed by atoms with E-state index in [0.717, 1.165) is 39.0 Å². The maximum absolute atomic E-state index is 13.9. The number of benzene rings is 2. The van der Waals surface area contributed by atoms with Crippen molar-refractivity contribution >= 4 is 34.0 Å². The monoisotopic (exact) mass is 487 g/mol. The van der Waals surface area contributed by atoms with Gasteiger partial charge in [0, 0.05) is 51.9 Å². The van der Waals surface area contributed by atoms with E-state index in [1.54, 1.807) is 12.0 Å². The Balaban J connectivity index is 1.56. The van der Waals surface area contributed by atoms with E-state index in [1.165, 1.54) is 0 Å². The first-order valence-corrected chi connectivity index (χ1v) is 12.3. The lowest BCUT2D eigenvalue weighted by molar-refractivity contribution is 0.0270. The first kappa shape index (κ1) is 24.0. The fourth-order valence-corrected chi connectivity index (χ4v) is 5.30. The molecule has 0 fully saturated rings. The zero-order valence-corrected chi connectivity index (χ0v) is 21.7. The van der Waals surface area contributed by atoms with E-state index < -0.39 is 11.0 Å². The van der Waals surface area contributed by atoms with Gasteiger partial charge >= 0.3 is 6.09 Å². The van der Waals surface area contributed by atoms with Crippen LogP contribution in [0.1, 0.15) is 73.8 Å². The number of nitrogens with zero attached hydrogens (tertiary/aromatic N) is 1. The minimum Gasteiger partial charge on any atom is -0.496 e. The second-order valence-electron chi connectivity index (χ2n) is 11.1. The molecule has 3 aromatic rings. The van der Waals surface area contributed by atoms with Crippen LogP contribution in [0.15, 0.2) is 36.4 Å². The number of methoxy groups -OCH3 is 1. The largest absolute Gasteiger partial charge is 0.496 e. The van der Waals surface area contributed by atoms with Crippen molar-refractivity contribution in [2.24, 2.45) is 0 Å². The average Bonchev–Trinajstić information content (AvgIpc) is 3.21. The lowest BCUT2D eigenvalue weighted by atomic mass is 9.70. The van der Waals surface area contributed by atoms with Gasteiger partial charge in [-0.2, -0.15) is 0 Å². The number of hydrogen-bond acceptors (Lipinski definition) is 5. The number of aromatic nitrogens is 1. The number of nitrogen functional groups attached to an aromatic ring is 1. The van der Waals surface area contributed by atoms with Crippen molar-refractivity contribution in [3.05, 3.63) is 64.4 Å². The highest BCUT2D eigenvalue weighted by atomic mass is 16.6. The van der Waals surface area contributed by atoms with Crippen LogP contribution in [0, 0.1) is 0 Å². The number of hydrogen-bond donors (Lipinski definition) is 2. The Labute approximate surface area is 211 Å². The minimum absolute atomic E-state index is 0.00830. The lowest BCUT2D eigenvalue weighted by Gasteiger charge is -2.34. The molecule has 0 atom stereocenters. The molecule has 1 aliphatic heterocycles. The van der Waals surface area contributed by atoms with Crippen LogP contribution < -0.4 is 10.5 Å². The van der Waals surface area contributed by atoms with Crippen LogP contribution in [0.2, 0.25) is 0 Å². The molecule has 1 aliphatic carbocycles. The number of ketones is 1. The van der Waals surface area contributed by atoms with Gasteiger partial charge in [0.05, 0.1) is 12.7 Å². The van der Waals surface area contributed by atoms with Crippen LogP contribution in [0.25, 0.3) is 16.5 Å². The average molecular weight is 488 g/mol. The second kappa shape index (κ2) is 8.15. The van der Waals surface area contributed by atoms with Crippen LogP contribution in [-0.4, -0.2) is 47.6 Å². The fourth-order valence-electron chi connectivity index (χ4n) is 5.30. The van der Waals surface area contributed by atoms with E-state index >= 15 is 0 Å². The summed E-state index contributed by atoms with van der Waals surface area (Å²) in [6.07, 6.45) is 2.35. The summed E-state index contributed by atoms with van der Waals surface area (Å²) in [6.45, 7) is 10.8. The number of nitrogens with one attached hydrogen (secondary N) is 1. The Kier molecular flexibility index (Phi) is 5.43. The standard InChI is InChI=1S/C29H33N3O4/c1-28(2,3)36-27(34)32-11-9-16(10-12-32)19-14-20-21(15-23(19)35-6)29(4,5)26-24(25(20)33)18-8-7-17(30)13-22(18)31-26/h7-9,13-15,31H,10-12,30H2,1-6H3. The van der Waals surface area contributed by atoms with Gasteiger partial charge in [-0.25, -0.2) is 4.79 Å². The van der Waals surface area contributed by atoms with Crippen molar-refractivity contribution in [1.29, 1.82) is 0 Å². The number of anilines is 1. The van der Waals surface area contributed by atoms with Gasteiger partial charge in [-0.1, -0.05) is 26.0 Å². The highest BCUT2D eigenvalue weighted by Crippen LogP contribution is 2.46. The summed E-state index contributed by atoms with van der Waals surface area (Å²) in [5, 5.41) is 0.880. The molecule has 7 nitrogen and oxygen atoms in total. The number of carbonyl (C=O) groups is 2. The molecule has 1 amide bonds. The highest BCUT2D eigenvalue weighted by molar-refractivity contribution is 6.20. The minimum atomic E-state index is -0.539. The van der Waals surface area contributed by atoms with E-state index in [4.69, 9.17) is 15.2 Å². The first-order chi connectivity index (χ1) is 16.9. The molecule has 188 valence electrons. The van der Waals surface area contributed by atoms with Gasteiger partial charge in [0.25, 0.3) is 0 Å². The van der Waals surface area contributed by atoms with Crippen molar-refractivity contribution < 1.29 is 19.1 Å². The predicted octanol–water partition coefficient (Wildman–Crippen LogP) is 5.65. The lowest BCUT2D eigenvalue weighted by Crippen LogP contribution is -2.39. The number of fused-ring (bicyclic) bond motifs is 4. The summed E-state index contributed by atoms with van der Waals surface area (Å²) in [7, 11) is 1.65. The van der Waals surface area contributed by atoms with E-state index in [9.17, 15) is 9.59 Å². The predicted molar refractivity (Wildman–Crippen MR) is 142 cm³/mol. The van der Waals surface area contributed by atoms with Gasteiger partial charge < -0.3 is 25.1 Å². The Morgan fingerprint density at radius 1 is 1.14 bits per heavy atom. The van der Waals surface area contributed by atoms with Crippen molar-refractivity contribution in [3.63, 3.8) is 0 Å². The Bertz CT molecular complexity index is 1440. The van der Waals surface area contributed by atoms with Crippen LogP contribution in [0.4, 0.5) is 10.5 Å². The molecule has 2 heterocycles. The maximum Gasteiger partial charge on any atom is 0.410 e. The number of ether oxygens (including phenoxy) is 2. The van der Waals surface area contributed by atoms with Crippen molar-refractivity contribution in [3.8, 4) is 5.75 Å². The molecule has 0 saturated carbocycles. The summed E-state index contributed by atoms with van der Waals surface area (Å²) >= 11 is 0. The maximum atomic E-state index is 13.9. The molecule has 36 heavy (non-hydrogen) atoms. The second-order valence-corrected chi connectivity index (χ2v) is 11.1. The molecule has 1 aromatic heterocycles. The fraction of sp³-hybridized carbons (Fsp3) is 0.379. The van der Waals surface area contributed by atoms with Crippen LogP contribution >= 0.6 is 0 Å². The van der Waals surface area contributed by atoms with Gasteiger partial charge in [0.2, 0.25) is 0 Å². The molecule has 7 heteroatoms. The number of amides is 1. The number of carbonyl (C=O) groups excluding carboxylic acids is 2. The molecule has 3 N–H and O–H groups in total. The van der Waals surface area contributed by atoms with Gasteiger partial charge in [0.15, 0.2) is 5.78 Å². The van der Waals surface area contributed by atoms with E-state index in [1.807, 2.05) is 57.2 Å². The Morgan fingerprint density at radius 3 is 2.53 bits per heavy atom. The molecular weight excluding hydrogens is 454 g/mol. The Morgan fingerprint density at radius 2 is 1.89 bits per heavy atom. The van der Waals surface area contributed by atoms with Crippen molar-refractivity contribution in [2.45, 2.75) is 52.1 Å². The number of nitrogens with two attached hydrogens (primary N) is 1. The summed E-state index contributed by atoms with van der Waals surface area (Å²) < 4.78 is 11.3. The van der Waals surface area contributed by atoms with E-state index in [2.05, 4.69) is 18.8 Å². The van der Waals surface area contributed by atoms with Gasteiger partial charge in [-0.3, -0.25) is 4.79 Å². The van der Waals surface area contributed by atoms with Crippen LogP contribution in [0.3, 0.4) is 0 Å². The normalized spacial score (nSPS) is 16.9. The van der Waals surface area contributed by atoms with Crippen molar-refractivity contribution in [1.82, 2.24) is 9.88 Å². The third-order valence-electron chi connectivity index (χ3n) is 7.14. The third kappa shape index (κ3) is 3.83. The number of rotatable bonds is 2. The van der Waals surface area contributed by atoms with Crippen LogP contribution in [-0.2, 0) is 10.2 Å². The molecule has 5 rings (SSSR count). The molecule has 2 aromatic carbocycles. The molecule has 0 radical (unpaired) electrons. The van der Waals surface area contributed by atoms with Gasteiger partial charge in [0.1, 0.15) is 11.4 Å². The zero-order chi connectivity index (χ0) is 26.0. The highest BCUT2D eigenvalue weighted by Gasteiger charge is 2.40. The smallest absolute Gasteiger partial charge is 0.410 e. The number of aromatic amines is 1. The third-order valence-corrected chi connectivity index (χ3v) is 7.14. The zero-order valence-electron chi connectivity index (χ0n) is 21.7. The SMILES string of the molecule is COc1cc2c(cc1C1=CCN(C(=O)OC(C)(C)C)CC1)C(=O)c1c([nH]c3cc(N)ccc13)C2(C)C. The quantitative estimate of drug-likeness (QED) is 0.455. The summed E-state index contributed by atoms with van der Waals surface area (Å²) in [5.41, 5.74) is 11.7. The summed E-state index contributed by atoms with van der Waals surface area (Å²) in [4.78, 5) is 31.5. The first-order valence-electron chi connectivity index (χ1n) is 12.3. The topological polar surface area (TPSA) is 97.6 Å². The van der Waals surface area contributed by atoms with Crippen LogP contribution in [0.5, 0.6) is 5.75 Å². The molecule has 0 bridgehead atoms. The van der Waals surface area contributed by atoms with E-state index in [-0.39, 0.29) is 11.9 Å². The summed E-state index contributed by atoms with van der Waals surface area (Å²) in [6, 6.07) is 9.57.